The monoisotopic (exact) mass is 324 g/mol. The Kier molecular flexibility index (Phi) is 4.52. The molecule has 0 radical (unpaired) electrons. The first-order valence-electron chi connectivity index (χ1n) is 7.39. The normalized spacial score (nSPS) is 10.4. The Balaban J connectivity index is 1.62. The summed E-state index contributed by atoms with van der Waals surface area (Å²) < 4.78 is 29.3. The van der Waals surface area contributed by atoms with Crippen molar-refractivity contribution in [3.8, 4) is 11.8 Å². The first-order chi connectivity index (χ1) is 11.7. The van der Waals surface area contributed by atoms with Gasteiger partial charge in [0, 0.05) is 18.9 Å². The highest BCUT2D eigenvalue weighted by molar-refractivity contribution is 5.50. The minimum atomic E-state index is -0.763. The average Bonchev–Trinajstić information content (AvgIpc) is 3.12. The lowest BCUT2D eigenvalue weighted by molar-refractivity contribution is 0.587. The Morgan fingerprint density at radius 3 is 2.42 bits per heavy atom. The zero-order valence-corrected chi connectivity index (χ0v) is 12.7. The number of aromatic nitrogens is 2. The fourth-order valence-electron chi connectivity index (χ4n) is 2.38. The van der Waals surface area contributed by atoms with Crippen molar-refractivity contribution in [1.82, 2.24) is 9.78 Å². The summed E-state index contributed by atoms with van der Waals surface area (Å²) >= 11 is 0. The largest absolute Gasteiger partial charge is 0.380 e. The second-order valence-electron chi connectivity index (χ2n) is 5.22. The summed E-state index contributed by atoms with van der Waals surface area (Å²) in [4.78, 5) is 0. The van der Waals surface area contributed by atoms with Gasteiger partial charge in [0.2, 0.25) is 0 Å². The van der Waals surface area contributed by atoms with Gasteiger partial charge in [-0.3, -0.25) is 0 Å². The Hall–Kier alpha value is -3.20. The Labute approximate surface area is 138 Å². The molecule has 120 valence electrons. The van der Waals surface area contributed by atoms with E-state index in [1.54, 1.807) is 16.9 Å². The summed E-state index contributed by atoms with van der Waals surface area (Å²) in [6.45, 7) is 0.376. The summed E-state index contributed by atoms with van der Waals surface area (Å²) in [5.41, 5.74) is 1.74. The molecule has 0 bridgehead atoms. The first kappa shape index (κ1) is 15.7. The van der Waals surface area contributed by atoms with Crippen molar-refractivity contribution in [1.29, 1.82) is 5.26 Å². The van der Waals surface area contributed by atoms with Crippen molar-refractivity contribution in [2.24, 2.45) is 0 Å². The van der Waals surface area contributed by atoms with Gasteiger partial charge < -0.3 is 5.32 Å². The van der Waals surface area contributed by atoms with Gasteiger partial charge >= 0.3 is 0 Å². The summed E-state index contributed by atoms with van der Waals surface area (Å²) in [7, 11) is 0. The molecule has 0 atom stereocenters. The molecule has 1 N–H and O–H groups in total. The van der Waals surface area contributed by atoms with Crippen LogP contribution in [0.4, 0.5) is 14.5 Å². The minimum Gasteiger partial charge on any atom is -0.380 e. The fraction of sp³-hybridized carbons (Fsp3) is 0.111. The maximum absolute atomic E-state index is 13.8. The zero-order valence-electron chi connectivity index (χ0n) is 12.7. The Morgan fingerprint density at radius 2 is 1.83 bits per heavy atom. The molecule has 1 heterocycles. The molecule has 0 fully saturated rings. The predicted octanol–water partition coefficient (Wildman–Crippen LogP) is 3.68. The van der Waals surface area contributed by atoms with Crippen LogP contribution in [-0.2, 0) is 6.42 Å². The van der Waals surface area contributed by atoms with Crippen LogP contribution in [0, 0.1) is 23.0 Å². The molecule has 0 amide bonds. The van der Waals surface area contributed by atoms with Gasteiger partial charge in [0.15, 0.2) is 11.6 Å². The molecule has 0 aliphatic heterocycles. The molecular weight excluding hydrogens is 310 g/mol. The molecule has 0 spiro atoms. The van der Waals surface area contributed by atoms with E-state index in [4.69, 9.17) is 5.26 Å². The number of anilines is 1. The number of rotatable bonds is 5. The van der Waals surface area contributed by atoms with Crippen molar-refractivity contribution in [3.05, 3.63) is 77.6 Å². The summed E-state index contributed by atoms with van der Waals surface area (Å²) in [6.07, 6.45) is 4.17. The highest BCUT2D eigenvalue weighted by Crippen LogP contribution is 2.20. The van der Waals surface area contributed by atoms with E-state index in [9.17, 15) is 8.78 Å². The van der Waals surface area contributed by atoms with Crippen molar-refractivity contribution < 1.29 is 8.78 Å². The Morgan fingerprint density at radius 1 is 1.12 bits per heavy atom. The molecule has 4 nitrogen and oxygen atoms in total. The van der Waals surface area contributed by atoms with E-state index in [-0.39, 0.29) is 11.3 Å². The number of benzene rings is 2. The van der Waals surface area contributed by atoms with Crippen LogP contribution in [0.1, 0.15) is 11.1 Å². The lowest BCUT2D eigenvalue weighted by Crippen LogP contribution is -2.08. The van der Waals surface area contributed by atoms with Gasteiger partial charge in [-0.1, -0.05) is 12.1 Å². The van der Waals surface area contributed by atoms with E-state index < -0.39 is 11.6 Å². The lowest BCUT2D eigenvalue weighted by atomic mass is 10.1. The molecule has 0 aliphatic rings. The van der Waals surface area contributed by atoms with E-state index in [1.807, 2.05) is 36.5 Å². The van der Waals surface area contributed by atoms with Crippen LogP contribution < -0.4 is 5.32 Å². The first-order valence-corrected chi connectivity index (χ1v) is 7.39. The second-order valence-corrected chi connectivity index (χ2v) is 5.22. The van der Waals surface area contributed by atoms with E-state index in [2.05, 4.69) is 10.4 Å². The summed E-state index contributed by atoms with van der Waals surface area (Å²) in [5.74, 6) is -1.53. The summed E-state index contributed by atoms with van der Waals surface area (Å²) in [6, 6.07) is 13.4. The van der Waals surface area contributed by atoms with Crippen LogP contribution in [0.5, 0.6) is 0 Å². The Bertz CT molecular complexity index is 842. The number of nitrogens with one attached hydrogen (secondary N) is 1. The van der Waals surface area contributed by atoms with Crippen molar-refractivity contribution >= 4 is 5.69 Å². The molecule has 0 saturated heterocycles. The number of hydrogen-bond acceptors (Lipinski definition) is 3. The molecule has 2 aromatic carbocycles. The van der Waals surface area contributed by atoms with Gasteiger partial charge in [-0.2, -0.15) is 10.4 Å². The highest BCUT2D eigenvalue weighted by Gasteiger charge is 2.10. The van der Waals surface area contributed by atoms with Crippen molar-refractivity contribution in [3.63, 3.8) is 0 Å². The third-order valence-corrected chi connectivity index (χ3v) is 3.59. The molecule has 0 aliphatic carbocycles. The topological polar surface area (TPSA) is 53.6 Å². The SMILES string of the molecule is N#Cc1cc(F)c(NCCc2ccc(-n3cccn3)cc2)c(F)c1. The van der Waals surface area contributed by atoms with Crippen molar-refractivity contribution in [2.75, 3.05) is 11.9 Å². The molecule has 0 saturated carbocycles. The quantitative estimate of drug-likeness (QED) is 0.779. The number of nitrogens with zero attached hydrogens (tertiary/aromatic N) is 3. The van der Waals surface area contributed by atoms with Crippen LogP contribution >= 0.6 is 0 Å². The molecule has 3 rings (SSSR count). The van der Waals surface area contributed by atoms with Gasteiger partial charge in [0.25, 0.3) is 0 Å². The maximum Gasteiger partial charge on any atom is 0.150 e. The zero-order chi connectivity index (χ0) is 16.9. The van der Waals surface area contributed by atoms with Crippen molar-refractivity contribution in [2.45, 2.75) is 6.42 Å². The van der Waals surface area contributed by atoms with Gasteiger partial charge in [0.1, 0.15) is 5.69 Å². The molecular formula is C18H14F2N4. The molecule has 1 aromatic heterocycles. The molecule has 6 heteroatoms. The highest BCUT2D eigenvalue weighted by atomic mass is 19.1. The number of hydrogen-bond donors (Lipinski definition) is 1. The molecule has 3 aromatic rings. The number of halogens is 2. The van der Waals surface area contributed by atoms with Crippen LogP contribution in [-0.4, -0.2) is 16.3 Å². The van der Waals surface area contributed by atoms with E-state index in [0.717, 1.165) is 23.4 Å². The average molecular weight is 324 g/mol. The third kappa shape index (κ3) is 3.41. The van der Waals surface area contributed by atoms with E-state index >= 15 is 0 Å². The molecule has 24 heavy (non-hydrogen) atoms. The predicted molar refractivity (Wildman–Crippen MR) is 86.8 cm³/mol. The second kappa shape index (κ2) is 6.92. The van der Waals surface area contributed by atoms with E-state index in [0.29, 0.717) is 13.0 Å². The van der Waals surface area contributed by atoms with Gasteiger partial charge in [-0.05, 0) is 42.3 Å². The summed E-state index contributed by atoms with van der Waals surface area (Å²) in [5, 5.41) is 15.6. The van der Waals surface area contributed by atoms with Gasteiger partial charge in [0.05, 0.1) is 17.3 Å². The van der Waals surface area contributed by atoms with E-state index in [1.165, 1.54) is 0 Å². The van der Waals surface area contributed by atoms with Crippen LogP contribution in [0.3, 0.4) is 0 Å². The fourth-order valence-corrected chi connectivity index (χ4v) is 2.38. The third-order valence-electron chi connectivity index (χ3n) is 3.59. The smallest absolute Gasteiger partial charge is 0.150 e. The van der Waals surface area contributed by atoms with Gasteiger partial charge in [-0.15, -0.1) is 0 Å². The maximum atomic E-state index is 13.8. The number of nitriles is 1. The van der Waals surface area contributed by atoms with Crippen LogP contribution in [0.25, 0.3) is 5.69 Å². The minimum absolute atomic E-state index is 0.0373. The lowest BCUT2D eigenvalue weighted by Gasteiger charge is -2.09. The molecule has 0 unspecified atom stereocenters. The van der Waals surface area contributed by atoms with Crippen LogP contribution in [0.15, 0.2) is 54.9 Å². The van der Waals surface area contributed by atoms with Gasteiger partial charge in [-0.25, -0.2) is 13.5 Å². The standard InChI is InChI=1S/C18H14F2N4/c19-16-10-14(12-21)11-17(20)18(16)22-8-6-13-2-4-15(5-3-13)24-9-1-7-23-24/h1-5,7,9-11,22H,6,8H2. The van der Waals surface area contributed by atoms with Crippen LogP contribution in [0.2, 0.25) is 0 Å².